The van der Waals surface area contributed by atoms with Crippen molar-refractivity contribution in [2.75, 3.05) is 31.1 Å². The second kappa shape index (κ2) is 9.34. The number of hydrogen-bond acceptors (Lipinski definition) is 2. The van der Waals surface area contributed by atoms with Gasteiger partial charge < -0.3 is 14.4 Å². The average molecular weight is 456 g/mol. The molecule has 0 saturated carbocycles. The van der Waals surface area contributed by atoms with Crippen molar-refractivity contribution in [3.05, 3.63) is 102 Å². The van der Waals surface area contributed by atoms with Crippen LogP contribution in [0.15, 0.2) is 79.0 Å². The van der Waals surface area contributed by atoms with E-state index in [-0.39, 0.29) is 17.6 Å². The van der Waals surface area contributed by atoms with Gasteiger partial charge in [0.1, 0.15) is 5.82 Å². The van der Waals surface area contributed by atoms with Crippen molar-refractivity contribution in [3.8, 4) is 0 Å². The molecule has 34 heavy (non-hydrogen) atoms. The van der Waals surface area contributed by atoms with E-state index in [1.165, 1.54) is 17.3 Å². The molecule has 0 unspecified atom stereocenters. The Morgan fingerprint density at radius 2 is 1.68 bits per heavy atom. The Kier molecular flexibility index (Phi) is 6.10. The molecule has 0 bridgehead atoms. The van der Waals surface area contributed by atoms with Crippen molar-refractivity contribution in [1.29, 1.82) is 0 Å². The number of anilines is 1. The van der Waals surface area contributed by atoms with E-state index in [1.807, 2.05) is 30.1 Å². The minimum absolute atomic E-state index is 0.117. The maximum atomic E-state index is 14.2. The van der Waals surface area contributed by atoms with Crippen LogP contribution in [0.2, 0.25) is 0 Å². The van der Waals surface area contributed by atoms with Crippen LogP contribution in [0.4, 0.5) is 10.1 Å². The van der Waals surface area contributed by atoms with Gasteiger partial charge in [-0.05, 0) is 47.9 Å². The predicted molar refractivity (Wildman–Crippen MR) is 136 cm³/mol. The fraction of sp³-hybridized carbons (Fsp3) is 0.276. The van der Waals surface area contributed by atoms with Gasteiger partial charge in [0.2, 0.25) is 5.91 Å². The Hall–Kier alpha value is -3.60. The highest BCUT2D eigenvalue weighted by atomic mass is 19.1. The molecule has 3 aromatic carbocycles. The summed E-state index contributed by atoms with van der Waals surface area (Å²) in [4.78, 5) is 17.8. The molecule has 1 saturated heterocycles. The molecule has 2 heterocycles. The lowest BCUT2D eigenvalue weighted by atomic mass is 9.87. The van der Waals surface area contributed by atoms with Crippen LogP contribution >= 0.6 is 0 Å². The summed E-state index contributed by atoms with van der Waals surface area (Å²) >= 11 is 0. The number of amides is 1. The zero-order valence-corrected chi connectivity index (χ0v) is 19.7. The van der Waals surface area contributed by atoms with Crippen LogP contribution in [-0.2, 0) is 11.8 Å². The van der Waals surface area contributed by atoms with Gasteiger partial charge in [0.15, 0.2) is 0 Å². The molecular weight excluding hydrogens is 425 g/mol. The number of carbonyl (C=O) groups excluding carboxylic acids is 1. The van der Waals surface area contributed by atoms with Crippen molar-refractivity contribution in [2.24, 2.45) is 7.05 Å². The van der Waals surface area contributed by atoms with Crippen LogP contribution in [0.1, 0.15) is 29.0 Å². The van der Waals surface area contributed by atoms with Gasteiger partial charge in [0.05, 0.1) is 0 Å². The molecule has 0 aliphatic carbocycles. The first kappa shape index (κ1) is 22.2. The van der Waals surface area contributed by atoms with E-state index in [4.69, 9.17) is 0 Å². The lowest BCUT2D eigenvalue weighted by Crippen LogP contribution is -2.49. The largest absolute Gasteiger partial charge is 0.368 e. The Morgan fingerprint density at radius 1 is 0.941 bits per heavy atom. The van der Waals surface area contributed by atoms with Crippen molar-refractivity contribution in [3.63, 3.8) is 0 Å². The van der Waals surface area contributed by atoms with Gasteiger partial charge >= 0.3 is 0 Å². The maximum Gasteiger partial charge on any atom is 0.223 e. The summed E-state index contributed by atoms with van der Waals surface area (Å²) in [5.41, 5.74) is 5.50. The van der Waals surface area contributed by atoms with Gasteiger partial charge in [-0.2, -0.15) is 0 Å². The fourth-order valence-electron chi connectivity index (χ4n) is 5.20. The summed E-state index contributed by atoms with van der Waals surface area (Å²) in [6.07, 6.45) is 2.41. The van der Waals surface area contributed by atoms with Crippen LogP contribution in [0.25, 0.3) is 10.9 Å². The third-order valence-electron chi connectivity index (χ3n) is 7.02. The molecule has 1 amide bonds. The molecule has 5 rings (SSSR count). The van der Waals surface area contributed by atoms with Crippen LogP contribution in [0, 0.1) is 12.7 Å². The molecule has 1 fully saturated rings. The molecule has 0 radical (unpaired) electrons. The van der Waals surface area contributed by atoms with Crippen LogP contribution < -0.4 is 4.90 Å². The third-order valence-corrected chi connectivity index (χ3v) is 7.02. The molecule has 5 heteroatoms. The van der Waals surface area contributed by atoms with Gasteiger partial charge in [-0.1, -0.05) is 48.5 Å². The van der Waals surface area contributed by atoms with Gasteiger partial charge in [0.25, 0.3) is 0 Å². The number of halogens is 1. The monoisotopic (exact) mass is 455 g/mol. The maximum absolute atomic E-state index is 14.2. The lowest BCUT2D eigenvalue weighted by Gasteiger charge is -2.37. The first-order valence-corrected chi connectivity index (χ1v) is 11.9. The van der Waals surface area contributed by atoms with Crippen LogP contribution in [0.5, 0.6) is 0 Å². The number of benzene rings is 3. The van der Waals surface area contributed by atoms with Gasteiger partial charge in [-0.25, -0.2) is 4.39 Å². The van der Waals surface area contributed by atoms with E-state index in [9.17, 15) is 9.18 Å². The highest BCUT2D eigenvalue weighted by molar-refractivity contribution is 5.86. The normalized spacial score (nSPS) is 15.0. The first-order valence-electron chi connectivity index (χ1n) is 11.9. The summed E-state index contributed by atoms with van der Waals surface area (Å²) in [6.45, 7) is 5.14. The summed E-state index contributed by atoms with van der Waals surface area (Å²) in [7, 11) is 2.01. The Labute approximate surface area is 200 Å². The van der Waals surface area contributed by atoms with Crippen molar-refractivity contribution in [2.45, 2.75) is 19.3 Å². The van der Waals surface area contributed by atoms with Gasteiger partial charge in [-0.15, -0.1) is 0 Å². The molecule has 0 N–H and O–H groups in total. The highest BCUT2D eigenvalue weighted by Crippen LogP contribution is 2.35. The van der Waals surface area contributed by atoms with Crippen molar-refractivity contribution in [1.82, 2.24) is 9.47 Å². The zero-order chi connectivity index (χ0) is 23.7. The van der Waals surface area contributed by atoms with E-state index in [1.54, 1.807) is 12.1 Å². The molecule has 0 spiro atoms. The lowest BCUT2D eigenvalue weighted by molar-refractivity contribution is -0.131. The topological polar surface area (TPSA) is 28.5 Å². The van der Waals surface area contributed by atoms with Crippen molar-refractivity contribution >= 4 is 22.5 Å². The predicted octanol–water partition coefficient (Wildman–Crippen LogP) is 5.50. The van der Waals surface area contributed by atoms with Gasteiger partial charge in [0, 0.05) is 68.4 Å². The Balaban J connectivity index is 1.39. The summed E-state index contributed by atoms with van der Waals surface area (Å²) < 4.78 is 16.3. The van der Waals surface area contributed by atoms with E-state index in [2.05, 4.69) is 59.0 Å². The summed E-state index contributed by atoms with van der Waals surface area (Å²) in [5, 5.41) is 1.11. The van der Waals surface area contributed by atoms with Crippen LogP contribution in [-0.4, -0.2) is 41.6 Å². The zero-order valence-electron chi connectivity index (χ0n) is 19.7. The van der Waals surface area contributed by atoms with E-state index < -0.39 is 0 Å². The first-order chi connectivity index (χ1) is 16.5. The molecule has 1 aromatic heterocycles. The molecule has 4 nitrogen and oxygen atoms in total. The second-order valence-electron chi connectivity index (χ2n) is 9.18. The molecule has 1 aliphatic heterocycles. The Morgan fingerprint density at radius 3 is 2.44 bits per heavy atom. The van der Waals surface area contributed by atoms with Gasteiger partial charge in [-0.3, -0.25) is 4.79 Å². The van der Waals surface area contributed by atoms with Crippen LogP contribution in [0.3, 0.4) is 0 Å². The summed E-state index contributed by atoms with van der Waals surface area (Å²) in [5.74, 6) is -0.364. The number of para-hydroxylation sites is 2. The molecule has 1 atom stereocenters. The quantitative estimate of drug-likeness (QED) is 0.398. The molecule has 4 aromatic rings. The third kappa shape index (κ3) is 4.30. The fourth-order valence-corrected chi connectivity index (χ4v) is 5.20. The number of nitrogens with zero attached hydrogens (tertiary/aromatic N) is 3. The molecule has 1 aliphatic rings. The number of aromatic nitrogens is 1. The van der Waals surface area contributed by atoms with Crippen molar-refractivity contribution < 1.29 is 9.18 Å². The highest BCUT2D eigenvalue weighted by Gasteiger charge is 2.27. The number of hydrogen-bond donors (Lipinski definition) is 0. The number of rotatable bonds is 5. The Bertz CT molecular complexity index is 1320. The molecule has 174 valence electrons. The van der Waals surface area contributed by atoms with E-state index in [0.717, 1.165) is 35.1 Å². The second-order valence-corrected chi connectivity index (χ2v) is 9.18. The molecular formula is C29H30FN3O. The number of fused-ring (bicyclic) bond motifs is 1. The standard InChI is InChI=1S/C29H30FN3O/c1-21-8-3-5-12-27(21)32-14-16-33(17-15-32)29(34)19-25(22-9-7-10-23(30)18-22)26-20-31(2)28-13-6-4-11-24(26)28/h3-13,18,20,25H,14-17,19H2,1-2H3/t25-/m0/s1. The number of aryl methyl sites for hydroxylation is 2. The number of carbonyl (C=O) groups is 1. The van der Waals surface area contributed by atoms with E-state index in [0.29, 0.717) is 19.5 Å². The summed E-state index contributed by atoms with van der Waals surface area (Å²) in [6, 6.07) is 23.3. The minimum Gasteiger partial charge on any atom is -0.368 e. The SMILES string of the molecule is Cc1ccccc1N1CCN(C(=O)C[C@@H](c2cccc(F)c2)c2cn(C)c3ccccc23)CC1. The van der Waals surface area contributed by atoms with E-state index >= 15 is 0 Å². The number of piperazine rings is 1. The smallest absolute Gasteiger partial charge is 0.223 e. The minimum atomic E-state index is -0.276. The average Bonchev–Trinajstić information content (AvgIpc) is 3.19.